The van der Waals surface area contributed by atoms with Gasteiger partial charge in [0.05, 0.1) is 0 Å². The summed E-state index contributed by atoms with van der Waals surface area (Å²) in [7, 11) is 0. The van der Waals surface area contributed by atoms with Crippen molar-refractivity contribution < 1.29 is 9.90 Å². The molecule has 0 bridgehead atoms. The molecule has 1 unspecified atom stereocenters. The maximum absolute atomic E-state index is 11.5. The summed E-state index contributed by atoms with van der Waals surface area (Å²) in [6, 6.07) is 14.9. The minimum absolute atomic E-state index is 0.532. The fraction of sp³-hybridized carbons (Fsp3) is 0.235. The van der Waals surface area contributed by atoms with Crippen LogP contribution in [0.2, 0.25) is 0 Å². The third-order valence-electron chi connectivity index (χ3n) is 3.46. The lowest BCUT2D eigenvalue weighted by atomic mass is 10.0. The number of hydrogen-bond donors (Lipinski definition) is 2. The Morgan fingerprint density at radius 3 is 2.40 bits per heavy atom. The summed E-state index contributed by atoms with van der Waals surface area (Å²) in [5.74, 6) is -0.857. The van der Waals surface area contributed by atoms with Crippen molar-refractivity contribution in [3.05, 3.63) is 70.8 Å². The Morgan fingerprint density at radius 1 is 1.10 bits per heavy atom. The molecular weight excluding hydrogens is 250 g/mol. The van der Waals surface area contributed by atoms with Gasteiger partial charge < -0.3 is 5.11 Å². The quantitative estimate of drug-likeness (QED) is 0.876. The zero-order valence-corrected chi connectivity index (χ0v) is 11.8. The van der Waals surface area contributed by atoms with Crippen molar-refractivity contribution in [3.8, 4) is 0 Å². The average Bonchev–Trinajstić information content (AvgIpc) is 2.43. The highest BCUT2D eigenvalue weighted by Gasteiger charge is 2.19. The lowest BCUT2D eigenvalue weighted by Crippen LogP contribution is -2.28. The molecule has 2 aromatic carbocycles. The number of carbonyl (C=O) groups is 1. The van der Waals surface area contributed by atoms with Crippen LogP contribution in [-0.4, -0.2) is 11.1 Å². The number of carboxylic acids is 1. The third kappa shape index (κ3) is 3.45. The average molecular weight is 269 g/mol. The van der Waals surface area contributed by atoms with E-state index < -0.39 is 12.0 Å². The molecule has 0 saturated carbocycles. The molecule has 2 aromatic rings. The van der Waals surface area contributed by atoms with E-state index in [-0.39, 0.29) is 0 Å². The van der Waals surface area contributed by atoms with E-state index in [1.165, 1.54) is 5.56 Å². The minimum Gasteiger partial charge on any atom is -0.480 e. The number of nitrogens with one attached hydrogen (secondary N) is 1. The summed E-state index contributed by atoms with van der Waals surface area (Å²) in [6.07, 6.45) is 0. The minimum atomic E-state index is -0.857. The summed E-state index contributed by atoms with van der Waals surface area (Å²) in [6.45, 7) is 4.55. The van der Waals surface area contributed by atoms with Crippen LogP contribution in [0.3, 0.4) is 0 Å². The predicted molar refractivity (Wildman–Crippen MR) is 79.6 cm³/mol. The first kappa shape index (κ1) is 14.3. The molecule has 0 saturated heterocycles. The normalized spacial score (nSPS) is 12.1. The van der Waals surface area contributed by atoms with Gasteiger partial charge in [0.2, 0.25) is 0 Å². The van der Waals surface area contributed by atoms with Gasteiger partial charge in [0, 0.05) is 6.54 Å². The fourth-order valence-corrected chi connectivity index (χ4v) is 2.11. The Kier molecular flexibility index (Phi) is 4.53. The van der Waals surface area contributed by atoms with E-state index in [2.05, 4.69) is 5.32 Å². The summed E-state index contributed by atoms with van der Waals surface area (Å²) in [5, 5.41) is 12.5. The SMILES string of the molecule is Cc1ccc(C(NCc2ccccc2)C(=O)O)cc1C. The summed E-state index contributed by atoms with van der Waals surface area (Å²) in [5.41, 5.74) is 4.13. The van der Waals surface area contributed by atoms with Crippen LogP contribution in [0.4, 0.5) is 0 Å². The summed E-state index contributed by atoms with van der Waals surface area (Å²) < 4.78 is 0. The summed E-state index contributed by atoms with van der Waals surface area (Å²) >= 11 is 0. The number of hydrogen-bond acceptors (Lipinski definition) is 2. The molecule has 3 heteroatoms. The van der Waals surface area contributed by atoms with Crippen molar-refractivity contribution in [1.29, 1.82) is 0 Å². The molecule has 0 heterocycles. The van der Waals surface area contributed by atoms with Gasteiger partial charge in [-0.05, 0) is 36.1 Å². The molecule has 0 spiro atoms. The van der Waals surface area contributed by atoms with Crippen molar-refractivity contribution in [2.24, 2.45) is 0 Å². The second-order valence-corrected chi connectivity index (χ2v) is 4.98. The van der Waals surface area contributed by atoms with Crippen LogP contribution in [0.5, 0.6) is 0 Å². The van der Waals surface area contributed by atoms with E-state index in [9.17, 15) is 9.90 Å². The van der Waals surface area contributed by atoms with Crippen LogP contribution in [-0.2, 0) is 11.3 Å². The molecule has 3 nitrogen and oxygen atoms in total. The van der Waals surface area contributed by atoms with Gasteiger partial charge in [-0.25, -0.2) is 0 Å². The molecule has 0 fully saturated rings. The first-order valence-corrected chi connectivity index (χ1v) is 6.65. The van der Waals surface area contributed by atoms with Gasteiger partial charge in [-0.1, -0.05) is 48.5 Å². The first-order valence-electron chi connectivity index (χ1n) is 6.65. The highest BCUT2D eigenvalue weighted by Crippen LogP contribution is 2.18. The number of rotatable bonds is 5. The van der Waals surface area contributed by atoms with E-state index in [0.717, 1.165) is 16.7 Å². The van der Waals surface area contributed by atoms with E-state index in [0.29, 0.717) is 6.54 Å². The first-order chi connectivity index (χ1) is 9.58. The highest BCUT2D eigenvalue weighted by atomic mass is 16.4. The maximum Gasteiger partial charge on any atom is 0.325 e. The molecule has 2 N–H and O–H groups in total. The molecule has 0 radical (unpaired) electrons. The van der Waals surface area contributed by atoms with Crippen molar-refractivity contribution >= 4 is 5.97 Å². The number of benzene rings is 2. The number of aliphatic carboxylic acids is 1. The molecule has 20 heavy (non-hydrogen) atoms. The molecule has 0 aliphatic heterocycles. The van der Waals surface area contributed by atoms with Gasteiger partial charge in [-0.3, -0.25) is 10.1 Å². The van der Waals surface area contributed by atoms with Gasteiger partial charge in [-0.2, -0.15) is 0 Å². The standard InChI is InChI=1S/C17H19NO2/c1-12-8-9-15(10-13(12)2)16(17(19)20)18-11-14-6-4-3-5-7-14/h3-10,16,18H,11H2,1-2H3,(H,19,20). The molecular formula is C17H19NO2. The molecule has 2 rings (SSSR count). The Hall–Kier alpha value is -2.13. The highest BCUT2D eigenvalue weighted by molar-refractivity contribution is 5.75. The Labute approximate surface area is 119 Å². The Balaban J connectivity index is 2.15. The van der Waals surface area contributed by atoms with Crippen LogP contribution in [0.1, 0.15) is 28.3 Å². The second kappa shape index (κ2) is 6.35. The molecule has 0 amide bonds. The van der Waals surface area contributed by atoms with Crippen molar-refractivity contribution in [3.63, 3.8) is 0 Å². The van der Waals surface area contributed by atoms with E-state index in [1.807, 2.05) is 62.4 Å². The molecule has 1 atom stereocenters. The van der Waals surface area contributed by atoms with Crippen LogP contribution < -0.4 is 5.32 Å². The Bertz CT molecular complexity index is 593. The fourth-order valence-electron chi connectivity index (χ4n) is 2.11. The predicted octanol–water partition coefficient (Wildman–Crippen LogP) is 3.22. The van der Waals surface area contributed by atoms with Gasteiger partial charge in [-0.15, -0.1) is 0 Å². The van der Waals surface area contributed by atoms with Crippen molar-refractivity contribution in [2.75, 3.05) is 0 Å². The molecule has 104 valence electrons. The monoisotopic (exact) mass is 269 g/mol. The zero-order valence-electron chi connectivity index (χ0n) is 11.8. The number of aryl methyl sites for hydroxylation is 2. The van der Waals surface area contributed by atoms with Gasteiger partial charge in [0.25, 0.3) is 0 Å². The van der Waals surface area contributed by atoms with Crippen LogP contribution in [0, 0.1) is 13.8 Å². The van der Waals surface area contributed by atoms with Crippen molar-refractivity contribution in [2.45, 2.75) is 26.4 Å². The van der Waals surface area contributed by atoms with Crippen LogP contribution in [0.15, 0.2) is 48.5 Å². The van der Waals surface area contributed by atoms with Crippen LogP contribution >= 0.6 is 0 Å². The largest absolute Gasteiger partial charge is 0.480 e. The maximum atomic E-state index is 11.5. The lowest BCUT2D eigenvalue weighted by Gasteiger charge is -2.16. The van der Waals surface area contributed by atoms with E-state index in [4.69, 9.17) is 0 Å². The topological polar surface area (TPSA) is 49.3 Å². The van der Waals surface area contributed by atoms with E-state index in [1.54, 1.807) is 0 Å². The third-order valence-corrected chi connectivity index (χ3v) is 3.46. The van der Waals surface area contributed by atoms with Gasteiger partial charge >= 0.3 is 5.97 Å². The smallest absolute Gasteiger partial charge is 0.325 e. The van der Waals surface area contributed by atoms with Gasteiger partial charge in [0.1, 0.15) is 6.04 Å². The van der Waals surface area contributed by atoms with Gasteiger partial charge in [0.15, 0.2) is 0 Å². The Morgan fingerprint density at radius 2 is 1.80 bits per heavy atom. The van der Waals surface area contributed by atoms with Crippen molar-refractivity contribution in [1.82, 2.24) is 5.32 Å². The molecule has 0 aromatic heterocycles. The molecule has 0 aliphatic rings. The summed E-state index contributed by atoms with van der Waals surface area (Å²) in [4.78, 5) is 11.5. The number of carboxylic acid groups (broad SMARTS) is 1. The molecule has 0 aliphatic carbocycles. The zero-order chi connectivity index (χ0) is 14.5. The lowest BCUT2D eigenvalue weighted by molar-refractivity contribution is -0.139. The van der Waals surface area contributed by atoms with E-state index >= 15 is 0 Å². The van der Waals surface area contributed by atoms with Crippen LogP contribution in [0.25, 0.3) is 0 Å². The second-order valence-electron chi connectivity index (χ2n) is 4.98.